The molecule has 0 saturated carbocycles. The second-order valence-corrected chi connectivity index (χ2v) is 3.27. The molecule has 0 aliphatic rings. The van der Waals surface area contributed by atoms with Crippen LogP contribution < -0.4 is 5.32 Å². The number of aliphatic hydroxyl groups excluding tert-OH is 1. The summed E-state index contributed by atoms with van der Waals surface area (Å²) >= 11 is 0. The molecule has 0 aliphatic heterocycles. The SMILES string of the molecule is O=C(NCCO)c1cc2cc(F)ccc2o1. The van der Waals surface area contributed by atoms with E-state index in [-0.39, 0.29) is 24.7 Å². The number of rotatable bonds is 3. The monoisotopic (exact) mass is 223 g/mol. The van der Waals surface area contributed by atoms with Crippen LogP contribution >= 0.6 is 0 Å². The van der Waals surface area contributed by atoms with Crippen molar-refractivity contribution in [3.63, 3.8) is 0 Å². The predicted octanol–water partition coefficient (Wildman–Crippen LogP) is 1.29. The second-order valence-electron chi connectivity index (χ2n) is 3.27. The Morgan fingerprint density at radius 2 is 2.25 bits per heavy atom. The zero-order valence-electron chi connectivity index (χ0n) is 8.37. The van der Waals surface area contributed by atoms with E-state index in [1.165, 1.54) is 24.3 Å². The Morgan fingerprint density at radius 1 is 1.44 bits per heavy atom. The molecule has 0 unspecified atom stereocenters. The summed E-state index contributed by atoms with van der Waals surface area (Å²) in [6.45, 7) is 0.0187. The van der Waals surface area contributed by atoms with Crippen molar-refractivity contribution in [2.24, 2.45) is 0 Å². The summed E-state index contributed by atoms with van der Waals surface area (Å²) in [6.07, 6.45) is 0. The average Bonchev–Trinajstić information content (AvgIpc) is 2.68. The van der Waals surface area contributed by atoms with Gasteiger partial charge in [-0.05, 0) is 24.3 Å². The number of halogens is 1. The Balaban J connectivity index is 2.28. The topological polar surface area (TPSA) is 62.5 Å². The van der Waals surface area contributed by atoms with Gasteiger partial charge in [0.05, 0.1) is 6.61 Å². The Kier molecular flexibility index (Phi) is 2.87. The summed E-state index contributed by atoms with van der Waals surface area (Å²) in [4.78, 5) is 11.4. The molecule has 0 radical (unpaired) electrons. The van der Waals surface area contributed by atoms with Gasteiger partial charge in [0.25, 0.3) is 5.91 Å². The Morgan fingerprint density at radius 3 is 3.00 bits per heavy atom. The summed E-state index contributed by atoms with van der Waals surface area (Å²) in [5.41, 5.74) is 0.454. The van der Waals surface area contributed by atoms with Crippen molar-refractivity contribution in [1.82, 2.24) is 5.32 Å². The van der Waals surface area contributed by atoms with Crippen molar-refractivity contribution < 1.29 is 18.7 Å². The summed E-state index contributed by atoms with van der Waals surface area (Å²) in [6, 6.07) is 5.49. The Hall–Kier alpha value is -1.88. The maximum absolute atomic E-state index is 12.9. The number of carbonyl (C=O) groups excluding carboxylic acids is 1. The molecule has 0 aliphatic carbocycles. The van der Waals surface area contributed by atoms with Gasteiger partial charge >= 0.3 is 0 Å². The molecule has 4 nitrogen and oxygen atoms in total. The number of furan rings is 1. The first-order chi connectivity index (χ1) is 7.70. The van der Waals surface area contributed by atoms with Gasteiger partial charge in [-0.2, -0.15) is 0 Å². The summed E-state index contributed by atoms with van der Waals surface area (Å²) in [5, 5.41) is 11.5. The van der Waals surface area contributed by atoms with E-state index in [1.54, 1.807) is 0 Å². The molecule has 0 atom stereocenters. The van der Waals surface area contributed by atoms with Crippen LogP contribution in [0.3, 0.4) is 0 Å². The number of aliphatic hydroxyl groups is 1. The van der Waals surface area contributed by atoms with Gasteiger partial charge in [0, 0.05) is 11.9 Å². The van der Waals surface area contributed by atoms with E-state index in [4.69, 9.17) is 9.52 Å². The molecule has 0 spiro atoms. The lowest BCUT2D eigenvalue weighted by molar-refractivity contribution is 0.0919. The fraction of sp³-hybridized carbons (Fsp3) is 0.182. The maximum atomic E-state index is 12.9. The lowest BCUT2D eigenvalue weighted by Gasteiger charge is -1.97. The molecule has 1 aromatic heterocycles. The van der Waals surface area contributed by atoms with Crippen LogP contribution in [0.25, 0.3) is 11.0 Å². The maximum Gasteiger partial charge on any atom is 0.287 e. The highest BCUT2D eigenvalue weighted by Gasteiger charge is 2.11. The van der Waals surface area contributed by atoms with Crippen LogP contribution in [0.5, 0.6) is 0 Å². The van der Waals surface area contributed by atoms with Gasteiger partial charge < -0.3 is 14.8 Å². The molecule has 84 valence electrons. The van der Waals surface area contributed by atoms with Crippen molar-refractivity contribution in [1.29, 1.82) is 0 Å². The average molecular weight is 223 g/mol. The van der Waals surface area contributed by atoms with Crippen LogP contribution in [0, 0.1) is 5.82 Å². The fourth-order valence-corrected chi connectivity index (χ4v) is 1.38. The zero-order chi connectivity index (χ0) is 11.5. The first-order valence-corrected chi connectivity index (χ1v) is 4.79. The summed E-state index contributed by atoms with van der Waals surface area (Å²) < 4.78 is 18.1. The Labute approximate surface area is 90.7 Å². The molecular formula is C11H10FNO3. The summed E-state index contributed by atoms with van der Waals surface area (Å²) in [7, 11) is 0. The number of nitrogens with one attached hydrogen (secondary N) is 1. The lowest BCUT2D eigenvalue weighted by atomic mass is 10.2. The van der Waals surface area contributed by atoms with Crippen molar-refractivity contribution in [2.45, 2.75) is 0 Å². The van der Waals surface area contributed by atoms with Crippen LogP contribution in [0.1, 0.15) is 10.6 Å². The molecule has 0 bridgehead atoms. The van der Waals surface area contributed by atoms with E-state index in [1.807, 2.05) is 0 Å². The van der Waals surface area contributed by atoms with E-state index < -0.39 is 5.91 Å². The van der Waals surface area contributed by atoms with Gasteiger partial charge in [-0.3, -0.25) is 4.79 Å². The quantitative estimate of drug-likeness (QED) is 0.824. The Bertz CT molecular complexity index is 521. The van der Waals surface area contributed by atoms with E-state index in [2.05, 4.69) is 5.32 Å². The third kappa shape index (κ3) is 2.04. The van der Waals surface area contributed by atoms with Gasteiger partial charge in [-0.1, -0.05) is 0 Å². The van der Waals surface area contributed by atoms with Crippen LogP contribution in [0.15, 0.2) is 28.7 Å². The van der Waals surface area contributed by atoms with Gasteiger partial charge in [0.15, 0.2) is 5.76 Å². The first-order valence-electron chi connectivity index (χ1n) is 4.79. The number of amides is 1. The zero-order valence-corrected chi connectivity index (χ0v) is 8.37. The molecule has 0 fully saturated rings. The van der Waals surface area contributed by atoms with Gasteiger partial charge in [0.1, 0.15) is 11.4 Å². The number of benzene rings is 1. The molecule has 1 amide bonds. The predicted molar refractivity (Wildman–Crippen MR) is 55.6 cm³/mol. The molecule has 2 aromatic rings. The van der Waals surface area contributed by atoms with E-state index in [0.717, 1.165) is 0 Å². The van der Waals surface area contributed by atoms with Crippen LogP contribution in [-0.2, 0) is 0 Å². The van der Waals surface area contributed by atoms with Crippen LogP contribution in [0.2, 0.25) is 0 Å². The van der Waals surface area contributed by atoms with Crippen molar-refractivity contribution >= 4 is 16.9 Å². The highest BCUT2D eigenvalue weighted by molar-refractivity contribution is 5.96. The third-order valence-electron chi connectivity index (χ3n) is 2.10. The first kappa shape index (κ1) is 10.6. The van der Waals surface area contributed by atoms with E-state index >= 15 is 0 Å². The smallest absolute Gasteiger partial charge is 0.287 e. The van der Waals surface area contributed by atoms with Gasteiger partial charge in [0.2, 0.25) is 0 Å². The number of carbonyl (C=O) groups is 1. The minimum atomic E-state index is -0.425. The molecule has 16 heavy (non-hydrogen) atoms. The fourth-order valence-electron chi connectivity index (χ4n) is 1.38. The van der Waals surface area contributed by atoms with E-state index in [9.17, 15) is 9.18 Å². The second kappa shape index (κ2) is 4.32. The minimum absolute atomic E-state index is 0.106. The standard InChI is InChI=1S/C11H10FNO3/c12-8-1-2-9-7(5-8)6-10(16-9)11(15)13-3-4-14/h1-2,5-6,14H,3-4H2,(H,13,15). The van der Waals surface area contributed by atoms with Gasteiger partial charge in [-0.25, -0.2) is 4.39 Å². The molecule has 1 heterocycles. The molecule has 5 heteroatoms. The van der Waals surface area contributed by atoms with E-state index in [0.29, 0.717) is 11.0 Å². The van der Waals surface area contributed by atoms with Crippen molar-refractivity contribution in [3.05, 3.63) is 35.8 Å². The highest BCUT2D eigenvalue weighted by atomic mass is 19.1. The van der Waals surface area contributed by atoms with Crippen LogP contribution in [-0.4, -0.2) is 24.2 Å². The minimum Gasteiger partial charge on any atom is -0.451 e. The lowest BCUT2D eigenvalue weighted by Crippen LogP contribution is -2.25. The van der Waals surface area contributed by atoms with Crippen molar-refractivity contribution in [3.8, 4) is 0 Å². The van der Waals surface area contributed by atoms with Crippen LogP contribution in [0.4, 0.5) is 4.39 Å². The third-order valence-corrected chi connectivity index (χ3v) is 2.10. The largest absolute Gasteiger partial charge is 0.451 e. The highest BCUT2D eigenvalue weighted by Crippen LogP contribution is 2.20. The molecular weight excluding hydrogens is 213 g/mol. The molecule has 1 aromatic carbocycles. The number of fused-ring (bicyclic) bond motifs is 1. The van der Waals surface area contributed by atoms with Crippen molar-refractivity contribution in [2.75, 3.05) is 13.2 Å². The molecule has 0 saturated heterocycles. The molecule has 2 N–H and O–H groups in total. The normalized spacial score (nSPS) is 10.6. The summed E-state index contributed by atoms with van der Waals surface area (Å²) in [5.74, 6) is -0.699. The van der Waals surface area contributed by atoms with Gasteiger partial charge in [-0.15, -0.1) is 0 Å². The number of hydrogen-bond donors (Lipinski definition) is 2. The number of hydrogen-bond acceptors (Lipinski definition) is 3. The molecule has 2 rings (SSSR count).